The molecule has 0 saturated carbocycles. The minimum atomic E-state index is -1.75. The summed E-state index contributed by atoms with van der Waals surface area (Å²) in [4.78, 5) is 0. The van der Waals surface area contributed by atoms with Gasteiger partial charge < -0.3 is 10.2 Å². The average Bonchev–Trinajstić information content (AvgIpc) is 2.16. The molecule has 0 heterocycles. The second kappa shape index (κ2) is 3.72. The molecule has 1 atom stereocenters. The number of aliphatic hydroxyl groups is 2. The molecule has 0 saturated heterocycles. The summed E-state index contributed by atoms with van der Waals surface area (Å²) in [7, 11) is 0. The van der Waals surface area contributed by atoms with Crippen LogP contribution < -0.4 is 0 Å². The van der Waals surface area contributed by atoms with E-state index >= 15 is 0 Å². The zero-order valence-electron chi connectivity index (χ0n) is 9.72. The van der Waals surface area contributed by atoms with Crippen molar-refractivity contribution >= 4 is 0 Å². The second-order valence-electron chi connectivity index (χ2n) is 5.22. The molecule has 2 nitrogen and oxygen atoms in total. The molecular formula is C14H18O2. The summed E-state index contributed by atoms with van der Waals surface area (Å²) >= 11 is 0. The lowest BCUT2D eigenvalue weighted by Gasteiger charge is -2.43. The Morgan fingerprint density at radius 3 is 2.31 bits per heavy atom. The van der Waals surface area contributed by atoms with Gasteiger partial charge in [-0.3, -0.25) is 0 Å². The summed E-state index contributed by atoms with van der Waals surface area (Å²) in [6, 6.07) is 9.70. The lowest BCUT2D eigenvalue weighted by molar-refractivity contribution is -0.164. The second-order valence-corrected chi connectivity index (χ2v) is 5.22. The molecule has 1 aliphatic rings. The van der Waals surface area contributed by atoms with Crippen LogP contribution in [0.5, 0.6) is 0 Å². The molecule has 2 N–H and O–H groups in total. The van der Waals surface area contributed by atoms with E-state index in [1.54, 1.807) is 0 Å². The van der Waals surface area contributed by atoms with Crippen molar-refractivity contribution in [3.8, 4) is 0 Å². The lowest BCUT2D eigenvalue weighted by Crippen LogP contribution is -2.44. The monoisotopic (exact) mass is 218 g/mol. The Balaban J connectivity index is 2.48. The van der Waals surface area contributed by atoms with E-state index in [4.69, 9.17) is 0 Å². The quantitative estimate of drug-likeness (QED) is 0.561. The van der Waals surface area contributed by atoms with E-state index in [0.29, 0.717) is 0 Å². The smallest absolute Gasteiger partial charge is 0.190 e. The van der Waals surface area contributed by atoms with E-state index in [-0.39, 0.29) is 11.3 Å². The average molecular weight is 218 g/mol. The van der Waals surface area contributed by atoms with Crippen LogP contribution in [-0.4, -0.2) is 16.0 Å². The number of hydrogen-bond acceptors (Lipinski definition) is 2. The number of rotatable bonds is 1. The Morgan fingerprint density at radius 1 is 1.12 bits per heavy atom. The van der Waals surface area contributed by atoms with Gasteiger partial charge in [0.25, 0.3) is 0 Å². The van der Waals surface area contributed by atoms with Crippen LogP contribution >= 0.6 is 0 Å². The van der Waals surface area contributed by atoms with E-state index in [0.717, 1.165) is 12.0 Å². The summed E-state index contributed by atoms with van der Waals surface area (Å²) in [6.07, 6.45) is 4.20. The summed E-state index contributed by atoms with van der Waals surface area (Å²) in [6.45, 7) is 4.13. The molecule has 0 spiro atoms. The molecule has 0 amide bonds. The molecule has 0 bridgehead atoms. The SMILES string of the molecule is CC1(C)CC=CC(O)(O)[C@@H]1c1ccccc1. The fourth-order valence-corrected chi connectivity index (χ4v) is 2.67. The molecular weight excluding hydrogens is 200 g/mol. The Labute approximate surface area is 96.2 Å². The van der Waals surface area contributed by atoms with Gasteiger partial charge in [-0.15, -0.1) is 0 Å². The van der Waals surface area contributed by atoms with E-state index < -0.39 is 5.79 Å². The first-order valence-corrected chi connectivity index (χ1v) is 5.61. The maximum atomic E-state index is 10.1. The molecule has 0 aliphatic heterocycles. The van der Waals surface area contributed by atoms with Gasteiger partial charge in [0, 0.05) is 5.92 Å². The molecule has 2 rings (SSSR count). The molecule has 2 heteroatoms. The Bertz CT molecular complexity index is 390. The van der Waals surface area contributed by atoms with Gasteiger partial charge >= 0.3 is 0 Å². The van der Waals surface area contributed by atoms with E-state index in [9.17, 15) is 10.2 Å². The van der Waals surface area contributed by atoms with Crippen LogP contribution in [0.15, 0.2) is 42.5 Å². The van der Waals surface area contributed by atoms with Gasteiger partial charge in [0.2, 0.25) is 0 Å². The molecule has 1 aliphatic carbocycles. The van der Waals surface area contributed by atoms with Gasteiger partial charge in [0.15, 0.2) is 5.79 Å². The van der Waals surface area contributed by atoms with E-state index in [1.165, 1.54) is 6.08 Å². The highest BCUT2D eigenvalue weighted by atomic mass is 16.5. The highest BCUT2D eigenvalue weighted by molar-refractivity contribution is 5.29. The van der Waals surface area contributed by atoms with Crippen LogP contribution in [0.3, 0.4) is 0 Å². The minimum absolute atomic E-state index is 0.153. The van der Waals surface area contributed by atoms with Crippen molar-refractivity contribution in [1.29, 1.82) is 0 Å². The molecule has 86 valence electrons. The van der Waals surface area contributed by atoms with Gasteiger partial charge in [-0.1, -0.05) is 50.3 Å². The Morgan fingerprint density at radius 2 is 1.75 bits per heavy atom. The van der Waals surface area contributed by atoms with Gasteiger partial charge in [0.1, 0.15) is 0 Å². The van der Waals surface area contributed by atoms with Crippen molar-refractivity contribution in [3.05, 3.63) is 48.0 Å². The fraction of sp³-hybridized carbons (Fsp3) is 0.429. The first kappa shape index (κ1) is 11.4. The summed E-state index contributed by atoms with van der Waals surface area (Å²) < 4.78 is 0. The normalized spacial score (nSPS) is 26.6. The van der Waals surface area contributed by atoms with E-state index in [2.05, 4.69) is 13.8 Å². The van der Waals surface area contributed by atoms with Crippen LogP contribution in [0, 0.1) is 5.41 Å². The van der Waals surface area contributed by atoms with Crippen LogP contribution in [-0.2, 0) is 0 Å². The van der Waals surface area contributed by atoms with Crippen LogP contribution in [0.25, 0.3) is 0 Å². The zero-order valence-corrected chi connectivity index (χ0v) is 9.72. The van der Waals surface area contributed by atoms with Crippen molar-refractivity contribution in [2.75, 3.05) is 0 Å². The molecule has 0 radical (unpaired) electrons. The van der Waals surface area contributed by atoms with Gasteiger partial charge in [-0.2, -0.15) is 0 Å². The highest BCUT2D eigenvalue weighted by Crippen LogP contribution is 2.47. The van der Waals surface area contributed by atoms with E-state index in [1.807, 2.05) is 36.4 Å². The first-order valence-electron chi connectivity index (χ1n) is 5.61. The van der Waals surface area contributed by atoms with Crippen LogP contribution in [0.2, 0.25) is 0 Å². The number of benzene rings is 1. The molecule has 16 heavy (non-hydrogen) atoms. The van der Waals surface area contributed by atoms with Gasteiger partial charge in [-0.05, 0) is 23.5 Å². The third-order valence-electron chi connectivity index (χ3n) is 3.35. The van der Waals surface area contributed by atoms with Crippen molar-refractivity contribution in [2.24, 2.45) is 5.41 Å². The topological polar surface area (TPSA) is 40.5 Å². The first-order chi connectivity index (χ1) is 7.43. The highest BCUT2D eigenvalue weighted by Gasteiger charge is 2.45. The predicted octanol–water partition coefficient (Wildman–Crippen LogP) is 2.44. The lowest BCUT2D eigenvalue weighted by atomic mass is 9.66. The third-order valence-corrected chi connectivity index (χ3v) is 3.35. The maximum Gasteiger partial charge on any atom is 0.190 e. The number of hydrogen-bond donors (Lipinski definition) is 2. The molecule has 0 unspecified atom stereocenters. The molecule has 0 fully saturated rings. The minimum Gasteiger partial charge on any atom is -0.362 e. The summed E-state index contributed by atoms with van der Waals surface area (Å²) in [5.41, 5.74) is 0.821. The van der Waals surface area contributed by atoms with Gasteiger partial charge in [0.05, 0.1) is 0 Å². The third kappa shape index (κ3) is 1.91. The zero-order chi connectivity index (χ0) is 11.8. The van der Waals surface area contributed by atoms with Crippen LogP contribution in [0.4, 0.5) is 0 Å². The summed E-state index contributed by atoms with van der Waals surface area (Å²) in [5.74, 6) is -2.03. The molecule has 1 aromatic carbocycles. The summed E-state index contributed by atoms with van der Waals surface area (Å²) in [5, 5.41) is 20.2. The predicted molar refractivity (Wildman–Crippen MR) is 63.9 cm³/mol. The Kier molecular flexibility index (Phi) is 2.64. The van der Waals surface area contributed by atoms with Crippen LogP contribution in [0.1, 0.15) is 31.7 Å². The van der Waals surface area contributed by atoms with Crippen molar-refractivity contribution in [2.45, 2.75) is 32.0 Å². The number of allylic oxidation sites excluding steroid dienone is 1. The van der Waals surface area contributed by atoms with Crippen molar-refractivity contribution in [1.82, 2.24) is 0 Å². The maximum absolute atomic E-state index is 10.1. The molecule has 0 aromatic heterocycles. The van der Waals surface area contributed by atoms with Gasteiger partial charge in [-0.25, -0.2) is 0 Å². The largest absolute Gasteiger partial charge is 0.362 e. The Hall–Kier alpha value is -1.12. The molecule has 1 aromatic rings. The standard InChI is InChI=1S/C14H18O2/c1-13(2)9-6-10-14(15,16)12(13)11-7-4-3-5-8-11/h3-8,10,12,15-16H,9H2,1-2H3/t12-/m1/s1. The van der Waals surface area contributed by atoms with Crippen molar-refractivity contribution in [3.63, 3.8) is 0 Å². The fourth-order valence-electron chi connectivity index (χ4n) is 2.67. The van der Waals surface area contributed by atoms with Crippen molar-refractivity contribution < 1.29 is 10.2 Å².